The van der Waals surface area contributed by atoms with Gasteiger partial charge in [-0.1, -0.05) is 12.1 Å². The lowest BCUT2D eigenvalue weighted by atomic mass is 9.97. The molecule has 39 heavy (non-hydrogen) atoms. The van der Waals surface area contributed by atoms with E-state index in [4.69, 9.17) is 9.73 Å². The molecule has 2 aromatic heterocycles. The van der Waals surface area contributed by atoms with Gasteiger partial charge in [0.1, 0.15) is 11.6 Å². The van der Waals surface area contributed by atoms with Crippen molar-refractivity contribution in [2.45, 2.75) is 6.42 Å². The maximum Gasteiger partial charge on any atom is 0.222 e. The third-order valence-electron chi connectivity index (χ3n) is 7.62. The number of fused-ring (bicyclic) bond motifs is 2. The molecule has 7 rings (SSSR count). The lowest BCUT2D eigenvalue weighted by molar-refractivity contribution is 0.241. The quantitative estimate of drug-likeness (QED) is 0.311. The van der Waals surface area contributed by atoms with Crippen molar-refractivity contribution in [3.63, 3.8) is 0 Å². The van der Waals surface area contributed by atoms with E-state index in [0.717, 1.165) is 83.7 Å². The summed E-state index contributed by atoms with van der Waals surface area (Å²) in [6.07, 6.45) is 6.82. The molecule has 2 N–H and O–H groups in total. The first-order chi connectivity index (χ1) is 19.2. The fraction of sp³-hybridized carbons (Fsp3) is 0.226. The number of H-pyrrole nitrogens is 2. The molecule has 0 unspecified atom stereocenters. The van der Waals surface area contributed by atoms with E-state index in [2.05, 4.69) is 67.5 Å². The predicted molar refractivity (Wildman–Crippen MR) is 154 cm³/mol. The lowest BCUT2D eigenvalue weighted by Crippen LogP contribution is -2.47. The largest absolute Gasteiger partial charge is 0.442 e. The Morgan fingerprint density at radius 3 is 2.64 bits per heavy atom. The highest BCUT2D eigenvalue weighted by molar-refractivity contribution is 6.09. The molecular weight excluding hydrogens is 491 g/mol. The van der Waals surface area contributed by atoms with Crippen LogP contribution < -0.4 is 4.90 Å². The van der Waals surface area contributed by atoms with Crippen LogP contribution >= 0.6 is 0 Å². The van der Waals surface area contributed by atoms with Gasteiger partial charge in [0.2, 0.25) is 5.90 Å². The van der Waals surface area contributed by atoms with Crippen LogP contribution in [0.1, 0.15) is 12.0 Å². The number of benzene rings is 3. The fourth-order valence-electron chi connectivity index (χ4n) is 5.58. The number of hydrogen-bond acceptors (Lipinski definition) is 5. The van der Waals surface area contributed by atoms with Crippen molar-refractivity contribution in [1.29, 1.82) is 0 Å². The Labute approximate surface area is 225 Å². The van der Waals surface area contributed by atoms with Crippen molar-refractivity contribution in [1.82, 2.24) is 20.1 Å². The van der Waals surface area contributed by atoms with E-state index < -0.39 is 0 Å². The number of ether oxygens (including phenoxy) is 1. The summed E-state index contributed by atoms with van der Waals surface area (Å²) in [5.74, 6) is 1.36. The fourth-order valence-corrected chi connectivity index (χ4v) is 5.58. The molecule has 0 radical (unpaired) electrons. The van der Waals surface area contributed by atoms with Gasteiger partial charge in [0.25, 0.3) is 0 Å². The molecule has 1 saturated heterocycles. The summed E-state index contributed by atoms with van der Waals surface area (Å²) in [5, 5.41) is 9.64. The average Bonchev–Trinajstić information content (AvgIpc) is 3.59. The Hall–Kier alpha value is -4.43. The number of nitrogens with zero attached hydrogens (tertiary/aromatic N) is 4. The molecule has 4 heterocycles. The molecule has 8 heteroatoms. The first kappa shape index (κ1) is 23.7. The number of aromatic nitrogens is 3. The van der Waals surface area contributed by atoms with Crippen LogP contribution in [0.25, 0.3) is 32.9 Å². The molecule has 196 valence electrons. The Morgan fingerprint density at radius 2 is 1.77 bits per heavy atom. The Balaban J connectivity index is 1.12. The van der Waals surface area contributed by atoms with E-state index >= 15 is 0 Å². The third-order valence-corrected chi connectivity index (χ3v) is 7.62. The van der Waals surface area contributed by atoms with Crippen molar-refractivity contribution in [3.05, 3.63) is 96.3 Å². The van der Waals surface area contributed by atoms with Crippen molar-refractivity contribution in [2.75, 3.05) is 44.2 Å². The number of rotatable bonds is 5. The van der Waals surface area contributed by atoms with Gasteiger partial charge in [-0.2, -0.15) is 5.10 Å². The monoisotopic (exact) mass is 520 g/mol. The molecule has 2 aliphatic heterocycles. The second-order valence-corrected chi connectivity index (χ2v) is 10.1. The Kier molecular flexibility index (Phi) is 6.09. The van der Waals surface area contributed by atoms with Crippen molar-refractivity contribution in [2.24, 2.45) is 4.99 Å². The number of halogens is 1. The van der Waals surface area contributed by atoms with E-state index in [-0.39, 0.29) is 5.82 Å². The number of aromatic amines is 2. The average molecular weight is 521 g/mol. The van der Waals surface area contributed by atoms with E-state index in [1.807, 2.05) is 24.5 Å². The normalized spacial score (nSPS) is 16.7. The molecule has 5 aromatic rings. The van der Waals surface area contributed by atoms with Crippen molar-refractivity contribution >= 4 is 33.4 Å². The van der Waals surface area contributed by atoms with Gasteiger partial charge in [-0.3, -0.25) is 15.0 Å². The topological polar surface area (TPSA) is 72.5 Å². The second kappa shape index (κ2) is 10.0. The summed E-state index contributed by atoms with van der Waals surface area (Å²) in [4.78, 5) is 12.9. The van der Waals surface area contributed by atoms with Gasteiger partial charge < -0.3 is 14.6 Å². The van der Waals surface area contributed by atoms with Crippen LogP contribution in [0.3, 0.4) is 0 Å². The first-order valence-electron chi connectivity index (χ1n) is 13.4. The van der Waals surface area contributed by atoms with Gasteiger partial charge in [-0.05, 0) is 72.2 Å². The summed E-state index contributed by atoms with van der Waals surface area (Å²) in [6.45, 7) is 5.01. The molecule has 0 amide bonds. The number of hydrogen-bond donors (Lipinski definition) is 2. The molecule has 0 saturated carbocycles. The summed E-state index contributed by atoms with van der Waals surface area (Å²) >= 11 is 0. The number of nitrogens with one attached hydrogen (secondary N) is 2. The maximum atomic E-state index is 13.3. The van der Waals surface area contributed by atoms with E-state index in [1.165, 1.54) is 17.5 Å². The molecular formula is C31H29FN6O. The summed E-state index contributed by atoms with van der Waals surface area (Å²) in [5.41, 5.74) is 6.30. The van der Waals surface area contributed by atoms with E-state index in [9.17, 15) is 4.39 Å². The highest BCUT2D eigenvalue weighted by atomic mass is 19.1. The van der Waals surface area contributed by atoms with Gasteiger partial charge in [0.05, 0.1) is 18.3 Å². The highest BCUT2D eigenvalue weighted by Gasteiger charge is 2.22. The molecule has 0 aliphatic carbocycles. The SMILES string of the molecule is Fc1ccc(N2CCN(CC3=CCCN=C(c4cc(-c5cccc6[nH]ccc56)cc5[nH]ncc45)O3)CC2)cc1. The molecule has 3 aromatic carbocycles. The minimum atomic E-state index is -0.202. The van der Waals surface area contributed by atoms with Crippen LogP contribution in [0.15, 0.2) is 89.9 Å². The molecule has 0 bridgehead atoms. The maximum absolute atomic E-state index is 13.3. The Morgan fingerprint density at radius 1 is 0.897 bits per heavy atom. The summed E-state index contributed by atoms with van der Waals surface area (Å²) < 4.78 is 19.9. The molecule has 1 fully saturated rings. The molecule has 2 aliphatic rings. The van der Waals surface area contributed by atoms with E-state index in [0.29, 0.717) is 12.4 Å². The number of anilines is 1. The van der Waals surface area contributed by atoms with Crippen molar-refractivity contribution in [3.8, 4) is 11.1 Å². The van der Waals surface area contributed by atoms with Crippen LogP contribution in [-0.2, 0) is 4.74 Å². The predicted octanol–water partition coefficient (Wildman–Crippen LogP) is 5.72. The van der Waals surface area contributed by atoms with Gasteiger partial charge >= 0.3 is 0 Å². The molecule has 0 spiro atoms. The zero-order valence-electron chi connectivity index (χ0n) is 21.5. The van der Waals surface area contributed by atoms with Gasteiger partial charge in [-0.25, -0.2) is 4.39 Å². The first-order valence-corrected chi connectivity index (χ1v) is 13.4. The van der Waals surface area contributed by atoms with E-state index in [1.54, 1.807) is 0 Å². The van der Waals surface area contributed by atoms with Gasteiger partial charge in [-0.15, -0.1) is 0 Å². The van der Waals surface area contributed by atoms with Gasteiger partial charge in [0, 0.05) is 66.5 Å². The van der Waals surface area contributed by atoms with Crippen LogP contribution in [0.5, 0.6) is 0 Å². The number of piperazine rings is 1. The minimum absolute atomic E-state index is 0.202. The summed E-state index contributed by atoms with van der Waals surface area (Å²) in [6, 6.07) is 19.5. The summed E-state index contributed by atoms with van der Waals surface area (Å²) in [7, 11) is 0. The second-order valence-electron chi connectivity index (χ2n) is 10.1. The lowest BCUT2D eigenvalue weighted by Gasteiger charge is -2.36. The smallest absolute Gasteiger partial charge is 0.222 e. The van der Waals surface area contributed by atoms with Crippen LogP contribution in [0, 0.1) is 5.82 Å². The highest BCUT2D eigenvalue weighted by Crippen LogP contribution is 2.33. The number of aliphatic imine (C=N–C) groups is 1. The van der Waals surface area contributed by atoms with Gasteiger partial charge in [0.15, 0.2) is 0 Å². The molecule has 7 nitrogen and oxygen atoms in total. The molecule has 0 atom stereocenters. The minimum Gasteiger partial charge on any atom is -0.442 e. The van der Waals surface area contributed by atoms with Crippen LogP contribution in [0.2, 0.25) is 0 Å². The zero-order valence-corrected chi connectivity index (χ0v) is 21.5. The Bertz CT molecular complexity index is 1690. The standard InChI is InChI=1S/C31H29FN6O/c32-22-6-8-23(9-7-22)38-15-13-37(14-16-38)20-24-3-2-11-34-31(39-24)27-17-21(18-30-28(27)19-35-36-30)25-4-1-5-29-26(25)10-12-33-29/h1,3-10,12,17-19,33H,2,11,13-16,20H2,(H,35,36). The third kappa shape index (κ3) is 4.68. The van der Waals surface area contributed by atoms with Crippen molar-refractivity contribution < 1.29 is 9.13 Å². The zero-order chi connectivity index (χ0) is 26.2. The van der Waals surface area contributed by atoms with Crippen LogP contribution in [0.4, 0.5) is 10.1 Å². The van der Waals surface area contributed by atoms with Crippen LogP contribution in [-0.4, -0.2) is 65.2 Å².